The van der Waals surface area contributed by atoms with Gasteiger partial charge in [0.05, 0.1) is 12.8 Å². The van der Waals surface area contributed by atoms with E-state index in [4.69, 9.17) is 9.47 Å². The summed E-state index contributed by atoms with van der Waals surface area (Å²) < 4.78 is 11.2. The van der Waals surface area contributed by atoms with E-state index in [2.05, 4.69) is 10.3 Å². The summed E-state index contributed by atoms with van der Waals surface area (Å²) in [6, 6.07) is 25.4. The predicted molar refractivity (Wildman–Crippen MR) is 110 cm³/mol. The summed E-state index contributed by atoms with van der Waals surface area (Å²) in [7, 11) is 1.67. The van der Waals surface area contributed by atoms with Crippen LogP contribution < -0.4 is 14.8 Å². The topological polar surface area (TPSA) is 43.4 Å². The molecule has 0 atom stereocenters. The Kier molecular flexibility index (Phi) is 5.03. The highest BCUT2D eigenvalue weighted by Gasteiger charge is 2.09. The van der Waals surface area contributed by atoms with Gasteiger partial charge in [-0.05, 0) is 48.5 Å². The third-order valence-corrected chi connectivity index (χ3v) is 4.73. The molecule has 5 heteroatoms. The smallest absolute Gasteiger partial charge is 0.187 e. The summed E-state index contributed by atoms with van der Waals surface area (Å²) in [4.78, 5) is 4.67. The molecule has 0 aliphatic carbocycles. The van der Waals surface area contributed by atoms with E-state index in [1.807, 2.05) is 84.2 Å². The number of anilines is 2. The lowest BCUT2D eigenvalue weighted by atomic mass is 10.1. The standard InChI is InChI=1S/C22H18N2O2S/c1-25-21-10-6-5-9-19(21)20-15-27-22(24-20)23-16-11-13-18(14-12-16)26-17-7-3-2-4-8-17/h2-15H,1H3,(H,23,24). The van der Waals surface area contributed by atoms with Crippen molar-refractivity contribution in [1.29, 1.82) is 0 Å². The van der Waals surface area contributed by atoms with E-state index >= 15 is 0 Å². The number of methoxy groups -OCH3 is 1. The molecule has 0 amide bonds. The zero-order valence-corrected chi connectivity index (χ0v) is 15.6. The third-order valence-electron chi connectivity index (χ3n) is 3.97. The van der Waals surface area contributed by atoms with Crippen molar-refractivity contribution in [1.82, 2.24) is 4.98 Å². The molecule has 0 fully saturated rings. The first-order valence-corrected chi connectivity index (χ1v) is 9.39. The van der Waals surface area contributed by atoms with Gasteiger partial charge in [-0.1, -0.05) is 30.3 Å². The highest BCUT2D eigenvalue weighted by Crippen LogP contribution is 2.33. The number of ether oxygens (including phenoxy) is 2. The Morgan fingerprint density at radius 1 is 0.815 bits per heavy atom. The SMILES string of the molecule is COc1ccccc1-c1csc(Nc2ccc(Oc3ccccc3)cc2)n1. The van der Waals surface area contributed by atoms with Crippen LogP contribution in [0.3, 0.4) is 0 Å². The summed E-state index contributed by atoms with van der Waals surface area (Å²) >= 11 is 1.56. The van der Waals surface area contributed by atoms with Crippen molar-refractivity contribution in [3.63, 3.8) is 0 Å². The molecule has 0 bridgehead atoms. The van der Waals surface area contributed by atoms with Crippen LogP contribution in [0, 0.1) is 0 Å². The van der Waals surface area contributed by atoms with E-state index < -0.39 is 0 Å². The summed E-state index contributed by atoms with van der Waals surface area (Å²) in [6.45, 7) is 0. The van der Waals surface area contributed by atoms with Gasteiger partial charge in [-0.3, -0.25) is 0 Å². The molecular formula is C22H18N2O2S. The first-order chi connectivity index (χ1) is 13.3. The number of nitrogens with one attached hydrogen (secondary N) is 1. The Hall–Kier alpha value is -3.31. The second kappa shape index (κ2) is 7.93. The van der Waals surface area contributed by atoms with Gasteiger partial charge < -0.3 is 14.8 Å². The van der Waals surface area contributed by atoms with Gasteiger partial charge in [-0.2, -0.15) is 0 Å². The van der Waals surface area contributed by atoms with Gasteiger partial charge in [0.2, 0.25) is 0 Å². The van der Waals surface area contributed by atoms with E-state index in [0.717, 1.165) is 39.3 Å². The van der Waals surface area contributed by atoms with Crippen molar-refractivity contribution in [2.75, 3.05) is 12.4 Å². The Morgan fingerprint density at radius 3 is 2.30 bits per heavy atom. The van der Waals surface area contributed by atoms with Gasteiger partial charge in [0, 0.05) is 16.6 Å². The van der Waals surface area contributed by atoms with Gasteiger partial charge in [-0.15, -0.1) is 11.3 Å². The lowest BCUT2D eigenvalue weighted by Crippen LogP contribution is -1.91. The number of hydrogen-bond donors (Lipinski definition) is 1. The largest absolute Gasteiger partial charge is 0.496 e. The lowest BCUT2D eigenvalue weighted by molar-refractivity contribution is 0.416. The first kappa shape index (κ1) is 17.1. The molecule has 27 heavy (non-hydrogen) atoms. The van der Waals surface area contributed by atoms with Crippen molar-refractivity contribution in [2.24, 2.45) is 0 Å². The average molecular weight is 374 g/mol. The molecule has 0 radical (unpaired) electrons. The molecule has 0 saturated carbocycles. The minimum absolute atomic E-state index is 0.792. The zero-order valence-electron chi connectivity index (χ0n) is 14.8. The van der Waals surface area contributed by atoms with Crippen molar-refractivity contribution >= 4 is 22.2 Å². The van der Waals surface area contributed by atoms with Crippen LogP contribution in [-0.2, 0) is 0 Å². The molecule has 0 aliphatic rings. The Labute approximate surface area is 162 Å². The predicted octanol–water partition coefficient (Wildman–Crippen LogP) is 6.35. The van der Waals surface area contributed by atoms with Crippen LogP contribution in [-0.4, -0.2) is 12.1 Å². The molecule has 1 heterocycles. The Balaban J connectivity index is 1.46. The van der Waals surface area contributed by atoms with E-state index in [9.17, 15) is 0 Å². The Morgan fingerprint density at radius 2 is 1.52 bits per heavy atom. The number of rotatable bonds is 6. The fraction of sp³-hybridized carbons (Fsp3) is 0.0455. The van der Waals surface area contributed by atoms with E-state index in [-0.39, 0.29) is 0 Å². The summed E-state index contributed by atoms with van der Waals surface area (Å²) in [6.07, 6.45) is 0. The van der Waals surface area contributed by atoms with Crippen LogP contribution in [0.15, 0.2) is 84.2 Å². The number of para-hydroxylation sites is 2. The number of aromatic nitrogens is 1. The summed E-state index contributed by atoms with van der Waals surface area (Å²) in [5.74, 6) is 2.43. The van der Waals surface area contributed by atoms with Crippen molar-refractivity contribution in [2.45, 2.75) is 0 Å². The monoisotopic (exact) mass is 374 g/mol. The van der Waals surface area contributed by atoms with Crippen LogP contribution >= 0.6 is 11.3 Å². The second-order valence-corrected chi connectivity index (χ2v) is 6.66. The van der Waals surface area contributed by atoms with Crippen LogP contribution in [0.5, 0.6) is 17.2 Å². The molecule has 0 unspecified atom stereocenters. The quantitative estimate of drug-likeness (QED) is 0.427. The molecule has 4 aromatic rings. The maximum absolute atomic E-state index is 5.82. The minimum Gasteiger partial charge on any atom is -0.496 e. The zero-order chi connectivity index (χ0) is 18.5. The van der Waals surface area contributed by atoms with Crippen LogP contribution in [0.1, 0.15) is 0 Å². The van der Waals surface area contributed by atoms with Gasteiger partial charge in [0.15, 0.2) is 5.13 Å². The van der Waals surface area contributed by atoms with Gasteiger partial charge in [0.1, 0.15) is 17.2 Å². The molecule has 0 saturated heterocycles. The molecule has 4 nitrogen and oxygen atoms in total. The van der Waals surface area contributed by atoms with Crippen LogP contribution in [0.4, 0.5) is 10.8 Å². The number of thiazole rings is 1. The van der Waals surface area contributed by atoms with Gasteiger partial charge in [-0.25, -0.2) is 4.98 Å². The lowest BCUT2D eigenvalue weighted by Gasteiger charge is -2.07. The Bertz CT molecular complexity index is 1010. The molecular weight excluding hydrogens is 356 g/mol. The van der Waals surface area contributed by atoms with Crippen molar-refractivity contribution < 1.29 is 9.47 Å². The van der Waals surface area contributed by atoms with Gasteiger partial charge >= 0.3 is 0 Å². The van der Waals surface area contributed by atoms with Crippen LogP contribution in [0.25, 0.3) is 11.3 Å². The molecule has 4 rings (SSSR count). The van der Waals surface area contributed by atoms with Crippen molar-refractivity contribution in [3.8, 4) is 28.5 Å². The first-order valence-electron chi connectivity index (χ1n) is 8.51. The maximum atomic E-state index is 5.82. The third kappa shape index (κ3) is 4.10. The highest BCUT2D eigenvalue weighted by atomic mass is 32.1. The number of benzene rings is 3. The maximum Gasteiger partial charge on any atom is 0.187 e. The fourth-order valence-electron chi connectivity index (χ4n) is 2.67. The average Bonchev–Trinajstić information content (AvgIpc) is 3.18. The normalized spacial score (nSPS) is 10.4. The highest BCUT2D eigenvalue weighted by molar-refractivity contribution is 7.14. The molecule has 3 aromatic carbocycles. The van der Waals surface area contributed by atoms with Crippen molar-refractivity contribution in [3.05, 3.63) is 84.2 Å². The molecule has 1 aromatic heterocycles. The number of hydrogen-bond acceptors (Lipinski definition) is 5. The summed E-state index contributed by atoms with van der Waals surface area (Å²) in [5.41, 5.74) is 2.83. The van der Waals surface area contributed by atoms with E-state index in [1.165, 1.54) is 0 Å². The molecule has 0 aliphatic heterocycles. The summed E-state index contributed by atoms with van der Waals surface area (Å²) in [5, 5.41) is 6.18. The molecule has 0 spiro atoms. The number of nitrogens with zero attached hydrogens (tertiary/aromatic N) is 1. The van der Waals surface area contributed by atoms with Gasteiger partial charge in [0.25, 0.3) is 0 Å². The second-order valence-electron chi connectivity index (χ2n) is 5.80. The van der Waals surface area contributed by atoms with Crippen LogP contribution in [0.2, 0.25) is 0 Å². The van der Waals surface area contributed by atoms with E-state index in [0.29, 0.717) is 0 Å². The minimum atomic E-state index is 0.792. The molecule has 134 valence electrons. The van der Waals surface area contributed by atoms with E-state index in [1.54, 1.807) is 18.4 Å². The molecule has 1 N–H and O–H groups in total. The fourth-order valence-corrected chi connectivity index (χ4v) is 3.40.